The number of thiophene rings is 1. The summed E-state index contributed by atoms with van der Waals surface area (Å²) in [6.45, 7) is 8.60. The van der Waals surface area contributed by atoms with Crippen molar-refractivity contribution >= 4 is 17.0 Å². The summed E-state index contributed by atoms with van der Waals surface area (Å²) >= 11 is 1.50. The summed E-state index contributed by atoms with van der Waals surface area (Å²) in [4.78, 5) is 5.38. The molecule has 1 aromatic heterocycles. The van der Waals surface area contributed by atoms with E-state index < -0.39 is 0 Å². The van der Waals surface area contributed by atoms with E-state index in [0.29, 0.717) is 5.92 Å². The number of nitrogens with zero attached hydrogens (tertiary/aromatic N) is 3. The van der Waals surface area contributed by atoms with E-state index in [4.69, 9.17) is 5.26 Å². The van der Waals surface area contributed by atoms with Crippen LogP contribution in [-0.2, 0) is 0 Å². The van der Waals surface area contributed by atoms with E-state index in [1.165, 1.54) is 11.3 Å². The maximum Gasteiger partial charge on any atom is 0.128 e. The number of piperazine rings is 1. The second-order valence-corrected chi connectivity index (χ2v) is 6.26. The molecule has 0 aliphatic carbocycles. The van der Waals surface area contributed by atoms with E-state index in [1.54, 1.807) is 0 Å². The molecule has 5 heteroatoms. The van der Waals surface area contributed by atoms with Crippen LogP contribution in [0.1, 0.15) is 18.7 Å². The topological polar surface area (TPSA) is 50.5 Å². The zero-order valence-corrected chi connectivity index (χ0v) is 12.4. The molecule has 1 aliphatic rings. The maximum absolute atomic E-state index is 9.91. The van der Waals surface area contributed by atoms with Gasteiger partial charge in [0.15, 0.2) is 0 Å². The van der Waals surface area contributed by atoms with Crippen molar-refractivity contribution in [3.63, 3.8) is 0 Å². The first-order chi connectivity index (χ1) is 9.11. The molecule has 0 amide bonds. The first-order valence-corrected chi connectivity index (χ1v) is 7.62. The average molecular weight is 279 g/mol. The molecule has 1 saturated heterocycles. The lowest BCUT2D eigenvalue weighted by Crippen LogP contribution is -2.49. The Balaban J connectivity index is 1.88. The van der Waals surface area contributed by atoms with Crippen molar-refractivity contribution in [3.05, 3.63) is 16.3 Å². The summed E-state index contributed by atoms with van der Waals surface area (Å²) in [5.41, 5.74) is 1.07. The predicted octanol–water partition coefficient (Wildman–Crippen LogP) is 1.76. The molecule has 0 bridgehead atoms. The van der Waals surface area contributed by atoms with E-state index >= 15 is 0 Å². The van der Waals surface area contributed by atoms with Crippen molar-refractivity contribution in [2.45, 2.75) is 20.0 Å². The van der Waals surface area contributed by atoms with Crippen LogP contribution >= 0.6 is 11.3 Å². The van der Waals surface area contributed by atoms with E-state index in [1.807, 2.05) is 25.3 Å². The lowest BCUT2D eigenvalue weighted by molar-refractivity contribution is 0.0739. The smallest absolute Gasteiger partial charge is 0.128 e. The van der Waals surface area contributed by atoms with Gasteiger partial charge in [0, 0.05) is 32.7 Å². The quantitative estimate of drug-likeness (QED) is 0.912. The number of nitriles is 1. The van der Waals surface area contributed by atoms with Gasteiger partial charge in [-0.3, -0.25) is 4.90 Å². The van der Waals surface area contributed by atoms with Crippen molar-refractivity contribution in [1.82, 2.24) is 4.90 Å². The van der Waals surface area contributed by atoms with Crippen LogP contribution in [0.5, 0.6) is 0 Å². The fourth-order valence-electron chi connectivity index (χ4n) is 2.28. The van der Waals surface area contributed by atoms with Gasteiger partial charge in [-0.2, -0.15) is 5.26 Å². The molecule has 1 fully saturated rings. The summed E-state index contributed by atoms with van der Waals surface area (Å²) < 4.78 is 0. The number of aliphatic hydroxyl groups is 1. The molecule has 19 heavy (non-hydrogen) atoms. The highest BCUT2D eigenvalue weighted by molar-refractivity contribution is 7.11. The van der Waals surface area contributed by atoms with Crippen LogP contribution in [0.2, 0.25) is 0 Å². The van der Waals surface area contributed by atoms with Crippen LogP contribution in [0.25, 0.3) is 0 Å². The lowest BCUT2D eigenvalue weighted by Gasteiger charge is -2.37. The van der Waals surface area contributed by atoms with Crippen LogP contribution in [-0.4, -0.2) is 48.8 Å². The molecular formula is C14H21N3OS. The Bertz CT molecular complexity index is 444. The first kappa shape index (κ1) is 14.3. The summed E-state index contributed by atoms with van der Waals surface area (Å²) in [5.74, 6) is 0.306. The molecular weight excluding hydrogens is 258 g/mol. The van der Waals surface area contributed by atoms with Gasteiger partial charge in [-0.05, 0) is 17.4 Å². The molecule has 1 N–H and O–H groups in total. The standard InChI is InChI=1S/C14H21N3OS/c1-11(2)13(18)10-16-4-6-17(7-5-16)12-3-8-19-14(12)9-15/h3,8,11,13,18H,4-7,10H2,1-2H3. The summed E-state index contributed by atoms with van der Waals surface area (Å²) in [6.07, 6.45) is -0.248. The molecule has 0 aromatic carbocycles. The van der Waals surface area contributed by atoms with Gasteiger partial charge in [-0.25, -0.2) is 0 Å². The van der Waals surface area contributed by atoms with E-state index in [-0.39, 0.29) is 6.10 Å². The molecule has 1 aliphatic heterocycles. The zero-order valence-electron chi connectivity index (χ0n) is 11.5. The van der Waals surface area contributed by atoms with Gasteiger partial charge in [-0.1, -0.05) is 13.8 Å². The minimum Gasteiger partial charge on any atom is -0.392 e. The average Bonchev–Trinajstić information content (AvgIpc) is 2.87. The largest absolute Gasteiger partial charge is 0.392 e. The molecule has 2 rings (SSSR count). The third-order valence-corrected chi connectivity index (χ3v) is 4.48. The Morgan fingerprint density at radius 2 is 2.05 bits per heavy atom. The molecule has 2 heterocycles. The minimum absolute atomic E-state index is 0.248. The van der Waals surface area contributed by atoms with Crippen molar-refractivity contribution in [1.29, 1.82) is 5.26 Å². The van der Waals surface area contributed by atoms with Crippen LogP contribution in [0.15, 0.2) is 11.4 Å². The SMILES string of the molecule is CC(C)C(O)CN1CCN(c2ccsc2C#N)CC1. The third kappa shape index (κ3) is 3.47. The van der Waals surface area contributed by atoms with Gasteiger partial charge in [0.1, 0.15) is 10.9 Å². The fourth-order valence-corrected chi connectivity index (χ4v) is 2.99. The van der Waals surface area contributed by atoms with Crippen molar-refractivity contribution in [3.8, 4) is 6.07 Å². The van der Waals surface area contributed by atoms with E-state index in [9.17, 15) is 5.11 Å². The number of hydrogen-bond donors (Lipinski definition) is 1. The Hall–Kier alpha value is -1.09. The minimum atomic E-state index is -0.248. The zero-order chi connectivity index (χ0) is 13.8. The van der Waals surface area contributed by atoms with Crippen LogP contribution in [0.4, 0.5) is 5.69 Å². The fraction of sp³-hybridized carbons (Fsp3) is 0.643. The number of anilines is 1. The molecule has 0 radical (unpaired) electrons. The van der Waals surface area contributed by atoms with Gasteiger partial charge in [0.25, 0.3) is 0 Å². The van der Waals surface area contributed by atoms with Crippen LogP contribution in [0, 0.1) is 17.2 Å². The Morgan fingerprint density at radius 3 is 2.63 bits per heavy atom. The monoisotopic (exact) mass is 279 g/mol. The van der Waals surface area contributed by atoms with Crippen molar-refractivity contribution < 1.29 is 5.11 Å². The van der Waals surface area contributed by atoms with Crippen LogP contribution in [0.3, 0.4) is 0 Å². The molecule has 1 unspecified atom stereocenters. The second-order valence-electron chi connectivity index (χ2n) is 5.35. The van der Waals surface area contributed by atoms with Gasteiger partial charge < -0.3 is 10.0 Å². The summed E-state index contributed by atoms with van der Waals surface area (Å²) in [6, 6.07) is 4.28. The van der Waals surface area contributed by atoms with Gasteiger partial charge in [-0.15, -0.1) is 11.3 Å². The highest BCUT2D eigenvalue weighted by atomic mass is 32.1. The molecule has 0 spiro atoms. The van der Waals surface area contributed by atoms with Gasteiger partial charge in [0.2, 0.25) is 0 Å². The normalized spacial score (nSPS) is 18.6. The van der Waals surface area contributed by atoms with E-state index in [0.717, 1.165) is 43.3 Å². The highest BCUT2D eigenvalue weighted by Crippen LogP contribution is 2.26. The summed E-state index contributed by atoms with van der Waals surface area (Å²) in [5, 5.41) is 20.9. The summed E-state index contributed by atoms with van der Waals surface area (Å²) in [7, 11) is 0. The number of β-amino-alcohol motifs (C(OH)–C–C–N with tert-alkyl or cyclic N) is 1. The van der Waals surface area contributed by atoms with Crippen LogP contribution < -0.4 is 4.90 Å². The predicted molar refractivity (Wildman–Crippen MR) is 78.5 cm³/mol. The van der Waals surface area contributed by atoms with E-state index in [2.05, 4.69) is 15.9 Å². The van der Waals surface area contributed by atoms with Crippen molar-refractivity contribution in [2.24, 2.45) is 5.92 Å². The second kappa shape index (κ2) is 6.38. The Labute approximate surface area is 118 Å². The molecule has 0 saturated carbocycles. The molecule has 104 valence electrons. The van der Waals surface area contributed by atoms with Gasteiger partial charge in [0.05, 0.1) is 11.8 Å². The number of aliphatic hydroxyl groups excluding tert-OH is 1. The Kier molecular flexibility index (Phi) is 4.81. The first-order valence-electron chi connectivity index (χ1n) is 6.74. The molecule has 1 atom stereocenters. The Morgan fingerprint density at radius 1 is 1.37 bits per heavy atom. The highest BCUT2D eigenvalue weighted by Gasteiger charge is 2.22. The van der Waals surface area contributed by atoms with Gasteiger partial charge >= 0.3 is 0 Å². The lowest BCUT2D eigenvalue weighted by atomic mass is 10.1. The third-order valence-electron chi connectivity index (χ3n) is 3.67. The maximum atomic E-state index is 9.91. The number of rotatable bonds is 4. The molecule has 1 aromatic rings. The molecule has 4 nitrogen and oxygen atoms in total. The number of hydrogen-bond acceptors (Lipinski definition) is 5. The van der Waals surface area contributed by atoms with Crippen molar-refractivity contribution in [2.75, 3.05) is 37.6 Å².